The van der Waals surface area contributed by atoms with Crippen LogP contribution >= 0.6 is 0 Å². The van der Waals surface area contributed by atoms with Crippen LogP contribution in [0.2, 0.25) is 0 Å². The van der Waals surface area contributed by atoms with Gasteiger partial charge in [-0.15, -0.1) is 0 Å². The second-order valence-electron chi connectivity index (χ2n) is 10.5. The molecular weight excluding hydrogens is 514 g/mol. The SMILES string of the molecule is O=C(Nc1ccc(N2CCCNCC2)nc1)C1=NCNc2ccc(-c3cncc(CN4CCC(F)(F)C4)c3)cc21. The molecule has 11 heteroatoms. The second-order valence-corrected chi connectivity index (χ2v) is 10.5. The fraction of sp³-hybridized carbons (Fsp3) is 0.379. The maximum atomic E-state index is 13.6. The number of amides is 1. The summed E-state index contributed by atoms with van der Waals surface area (Å²) in [5.41, 5.74) is 5.02. The van der Waals surface area contributed by atoms with Gasteiger partial charge in [-0.05, 0) is 54.4 Å². The molecule has 0 bridgehead atoms. The number of carbonyl (C=O) groups excluding carboxylic acids is 1. The lowest BCUT2D eigenvalue weighted by Gasteiger charge is -2.21. The van der Waals surface area contributed by atoms with Gasteiger partial charge in [-0.2, -0.15) is 0 Å². The molecule has 0 aliphatic carbocycles. The minimum Gasteiger partial charge on any atom is -0.366 e. The van der Waals surface area contributed by atoms with E-state index in [2.05, 4.69) is 35.8 Å². The Morgan fingerprint density at radius 3 is 2.77 bits per heavy atom. The number of hydrogen-bond donors (Lipinski definition) is 3. The Hall–Kier alpha value is -3.96. The van der Waals surface area contributed by atoms with Crippen molar-refractivity contribution in [3.8, 4) is 11.1 Å². The summed E-state index contributed by atoms with van der Waals surface area (Å²) in [6.45, 7) is 4.62. The molecular formula is C29H32F2N8O. The molecule has 3 aliphatic heterocycles. The van der Waals surface area contributed by atoms with Crippen molar-refractivity contribution in [3.63, 3.8) is 0 Å². The van der Waals surface area contributed by atoms with E-state index >= 15 is 0 Å². The lowest BCUT2D eigenvalue weighted by atomic mass is 9.98. The van der Waals surface area contributed by atoms with E-state index in [0.29, 0.717) is 36.7 Å². The highest BCUT2D eigenvalue weighted by Crippen LogP contribution is 2.30. The van der Waals surface area contributed by atoms with Gasteiger partial charge in [-0.1, -0.05) is 6.07 Å². The molecule has 208 valence electrons. The molecule has 2 aromatic heterocycles. The third-order valence-corrected chi connectivity index (χ3v) is 7.45. The van der Waals surface area contributed by atoms with Crippen molar-refractivity contribution in [2.75, 3.05) is 61.5 Å². The van der Waals surface area contributed by atoms with Crippen LogP contribution in [0.1, 0.15) is 24.0 Å². The van der Waals surface area contributed by atoms with Crippen molar-refractivity contribution >= 4 is 28.8 Å². The molecule has 0 atom stereocenters. The van der Waals surface area contributed by atoms with E-state index in [1.165, 1.54) is 0 Å². The first-order valence-electron chi connectivity index (χ1n) is 13.6. The Balaban J connectivity index is 1.17. The van der Waals surface area contributed by atoms with Crippen LogP contribution in [0.15, 0.2) is 60.0 Å². The van der Waals surface area contributed by atoms with E-state index in [0.717, 1.165) is 60.8 Å². The monoisotopic (exact) mass is 546 g/mol. The highest BCUT2D eigenvalue weighted by molar-refractivity contribution is 6.50. The van der Waals surface area contributed by atoms with E-state index in [1.54, 1.807) is 23.5 Å². The third kappa shape index (κ3) is 5.95. The Morgan fingerprint density at radius 2 is 1.95 bits per heavy atom. The predicted molar refractivity (Wildman–Crippen MR) is 152 cm³/mol. The standard InChI is InChI=1S/C29H32F2N8O/c30-29(31)6-10-38(18-29)17-20-12-22(15-33-14-20)21-2-4-25-24(13-21)27(36-19-35-25)28(40)37-23-3-5-26(34-16-23)39-9-1-7-32-8-11-39/h2-5,12-16,32,35H,1,6-11,17-19H2,(H,37,40). The van der Waals surface area contributed by atoms with Gasteiger partial charge in [0.2, 0.25) is 0 Å². The molecule has 0 spiro atoms. The molecule has 0 unspecified atom stereocenters. The zero-order chi connectivity index (χ0) is 27.5. The van der Waals surface area contributed by atoms with Crippen LogP contribution in [0.3, 0.4) is 0 Å². The Bertz CT molecular complexity index is 1400. The number of halogens is 2. The number of aromatic nitrogens is 2. The summed E-state index contributed by atoms with van der Waals surface area (Å²) in [6.07, 6.45) is 6.08. The Morgan fingerprint density at radius 1 is 1.02 bits per heavy atom. The minimum atomic E-state index is -2.63. The first-order valence-corrected chi connectivity index (χ1v) is 13.6. The number of benzene rings is 1. The van der Waals surface area contributed by atoms with E-state index in [9.17, 15) is 13.6 Å². The number of anilines is 3. The maximum absolute atomic E-state index is 13.6. The van der Waals surface area contributed by atoms with Crippen molar-refractivity contribution in [1.82, 2.24) is 20.2 Å². The van der Waals surface area contributed by atoms with E-state index in [1.807, 2.05) is 36.4 Å². The average Bonchev–Trinajstić information content (AvgIpc) is 3.13. The van der Waals surface area contributed by atoms with Crippen molar-refractivity contribution in [1.29, 1.82) is 0 Å². The number of pyridine rings is 2. The van der Waals surface area contributed by atoms with E-state index < -0.39 is 5.92 Å². The summed E-state index contributed by atoms with van der Waals surface area (Å²) in [5.74, 6) is -2.05. The van der Waals surface area contributed by atoms with E-state index in [4.69, 9.17) is 0 Å². The van der Waals surface area contributed by atoms with Gasteiger partial charge in [0, 0.05) is 68.4 Å². The molecule has 0 saturated carbocycles. The van der Waals surface area contributed by atoms with E-state index in [-0.39, 0.29) is 18.9 Å². The lowest BCUT2D eigenvalue weighted by molar-refractivity contribution is -0.110. The number of nitrogens with zero attached hydrogens (tertiary/aromatic N) is 5. The molecule has 2 saturated heterocycles. The number of aliphatic imine (C=N–C) groups is 1. The number of hydrogen-bond acceptors (Lipinski definition) is 8. The van der Waals surface area contributed by atoms with Crippen LogP contribution in [0.5, 0.6) is 0 Å². The number of likely N-dealkylation sites (tertiary alicyclic amines) is 1. The van der Waals surface area contributed by atoms with Crippen molar-refractivity contribution in [3.05, 3.63) is 66.1 Å². The second kappa shape index (κ2) is 11.3. The van der Waals surface area contributed by atoms with Gasteiger partial charge in [0.1, 0.15) is 18.2 Å². The molecule has 3 aliphatic rings. The highest BCUT2D eigenvalue weighted by Gasteiger charge is 2.38. The topological polar surface area (TPSA) is 97.8 Å². The van der Waals surface area contributed by atoms with Crippen LogP contribution in [-0.2, 0) is 11.3 Å². The van der Waals surface area contributed by atoms with Gasteiger partial charge in [0.25, 0.3) is 11.8 Å². The van der Waals surface area contributed by atoms with Crippen molar-refractivity contribution in [2.45, 2.75) is 25.3 Å². The molecule has 40 heavy (non-hydrogen) atoms. The molecule has 5 heterocycles. The van der Waals surface area contributed by atoms with Crippen LogP contribution in [0.4, 0.5) is 26.0 Å². The van der Waals surface area contributed by atoms with Gasteiger partial charge in [0.15, 0.2) is 0 Å². The number of nitrogens with one attached hydrogen (secondary N) is 3. The molecule has 0 radical (unpaired) electrons. The number of fused-ring (bicyclic) bond motifs is 1. The maximum Gasteiger partial charge on any atom is 0.274 e. The summed E-state index contributed by atoms with van der Waals surface area (Å²) in [7, 11) is 0. The van der Waals surface area contributed by atoms with Gasteiger partial charge in [-0.3, -0.25) is 19.7 Å². The fourth-order valence-electron chi connectivity index (χ4n) is 5.40. The Labute approximate surface area is 231 Å². The first-order chi connectivity index (χ1) is 19.4. The highest BCUT2D eigenvalue weighted by atomic mass is 19.3. The smallest absolute Gasteiger partial charge is 0.274 e. The van der Waals surface area contributed by atoms with Gasteiger partial charge >= 0.3 is 0 Å². The minimum absolute atomic E-state index is 0.113. The summed E-state index contributed by atoms with van der Waals surface area (Å²) in [4.78, 5) is 30.7. The fourth-order valence-corrected chi connectivity index (χ4v) is 5.40. The zero-order valence-corrected chi connectivity index (χ0v) is 22.2. The van der Waals surface area contributed by atoms with Crippen LogP contribution in [-0.4, -0.2) is 78.3 Å². The molecule has 1 amide bonds. The molecule has 2 fully saturated rings. The molecule has 1 aromatic carbocycles. The predicted octanol–water partition coefficient (Wildman–Crippen LogP) is 3.60. The van der Waals surface area contributed by atoms with Gasteiger partial charge < -0.3 is 20.9 Å². The third-order valence-electron chi connectivity index (χ3n) is 7.45. The van der Waals surface area contributed by atoms with Gasteiger partial charge in [0.05, 0.1) is 18.4 Å². The number of rotatable bonds is 6. The molecule has 3 N–H and O–H groups in total. The van der Waals surface area contributed by atoms with Crippen LogP contribution < -0.4 is 20.9 Å². The summed E-state index contributed by atoms with van der Waals surface area (Å²) in [5, 5.41) is 9.55. The quantitative estimate of drug-likeness (QED) is 0.435. The summed E-state index contributed by atoms with van der Waals surface area (Å²) in [6, 6.07) is 11.6. The largest absolute Gasteiger partial charge is 0.366 e. The number of alkyl halides is 2. The first kappa shape index (κ1) is 26.3. The van der Waals surface area contributed by atoms with Crippen molar-refractivity contribution < 1.29 is 13.6 Å². The summed E-state index contributed by atoms with van der Waals surface area (Å²) >= 11 is 0. The average molecular weight is 547 g/mol. The van der Waals surface area contributed by atoms with Crippen molar-refractivity contribution in [2.24, 2.45) is 4.99 Å². The van der Waals surface area contributed by atoms with Crippen LogP contribution in [0, 0.1) is 0 Å². The van der Waals surface area contributed by atoms with Gasteiger partial charge in [-0.25, -0.2) is 13.8 Å². The Kier molecular flexibility index (Phi) is 7.40. The van der Waals surface area contributed by atoms with Crippen LogP contribution in [0.25, 0.3) is 11.1 Å². The summed E-state index contributed by atoms with van der Waals surface area (Å²) < 4.78 is 27.3. The molecule has 9 nitrogen and oxygen atoms in total. The lowest BCUT2D eigenvalue weighted by Crippen LogP contribution is -2.29. The zero-order valence-electron chi connectivity index (χ0n) is 22.2. The number of carbonyl (C=O) groups is 1. The normalized spacial score (nSPS) is 18.9. The molecule has 6 rings (SSSR count). The molecule has 3 aromatic rings.